The number of hydrogen-bond donors (Lipinski definition) is 4. The van der Waals surface area contributed by atoms with Gasteiger partial charge in [0, 0.05) is 13.1 Å². The van der Waals surface area contributed by atoms with E-state index in [1.807, 2.05) is 0 Å². The lowest BCUT2D eigenvalue weighted by molar-refractivity contribution is -0.140. The van der Waals surface area contributed by atoms with Crippen LogP contribution in [0.1, 0.15) is 51.4 Å². The van der Waals surface area contributed by atoms with Gasteiger partial charge < -0.3 is 36.5 Å². The van der Waals surface area contributed by atoms with Gasteiger partial charge >= 0.3 is 6.09 Å². The molecule has 1 heterocycles. The quantitative estimate of drug-likeness (QED) is 0.148. The number of guanidine groups is 1. The van der Waals surface area contributed by atoms with Crippen LogP contribution in [-0.2, 0) is 19.1 Å². The largest absolute Gasteiger partial charge is 0.453 e. The lowest BCUT2D eigenvalue weighted by Crippen LogP contribution is -2.55. The van der Waals surface area contributed by atoms with Gasteiger partial charge in [-0.05, 0) is 38.0 Å². The number of carbonyl (C=O) groups excluding carboxylic acids is 4. The second-order valence-electron chi connectivity index (χ2n) is 8.11. The second-order valence-corrected chi connectivity index (χ2v) is 8.11. The average molecular weight is 439 g/mol. The molecule has 0 unspecified atom stereocenters. The zero-order chi connectivity index (χ0) is 22.8. The Balaban J connectivity index is 1.97. The van der Waals surface area contributed by atoms with Gasteiger partial charge in [0.2, 0.25) is 11.8 Å². The van der Waals surface area contributed by atoms with E-state index in [0.29, 0.717) is 57.4 Å². The first-order valence-electron chi connectivity index (χ1n) is 10.8. The van der Waals surface area contributed by atoms with Gasteiger partial charge in [-0.15, -0.1) is 0 Å². The number of alkyl carbamates (subject to hydrolysis) is 1. The van der Waals surface area contributed by atoms with Crippen LogP contribution < -0.4 is 22.1 Å². The highest BCUT2D eigenvalue weighted by atomic mass is 16.5. The van der Waals surface area contributed by atoms with Gasteiger partial charge in [0.25, 0.3) is 0 Å². The van der Waals surface area contributed by atoms with E-state index in [0.717, 1.165) is 19.3 Å². The normalized spacial score (nSPS) is 20.2. The van der Waals surface area contributed by atoms with Crippen molar-refractivity contribution in [1.29, 1.82) is 0 Å². The van der Waals surface area contributed by atoms with Crippen LogP contribution in [0.2, 0.25) is 0 Å². The lowest BCUT2D eigenvalue weighted by Gasteiger charge is -2.33. The molecule has 31 heavy (non-hydrogen) atoms. The molecule has 1 saturated heterocycles. The summed E-state index contributed by atoms with van der Waals surface area (Å²) in [5, 5.41) is 5.34. The maximum absolute atomic E-state index is 13.2. The Bertz CT molecular complexity index is 677. The van der Waals surface area contributed by atoms with Crippen molar-refractivity contribution in [2.75, 3.05) is 20.2 Å². The first-order valence-corrected chi connectivity index (χ1v) is 10.8. The number of amides is 3. The van der Waals surface area contributed by atoms with E-state index in [1.54, 1.807) is 0 Å². The number of nitrogens with one attached hydrogen (secondary N) is 2. The van der Waals surface area contributed by atoms with Crippen molar-refractivity contribution < 1.29 is 23.9 Å². The van der Waals surface area contributed by atoms with Crippen LogP contribution in [0.25, 0.3) is 0 Å². The van der Waals surface area contributed by atoms with Crippen LogP contribution in [0.15, 0.2) is 4.99 Å². The van der Waals surface area contributed by atoms with Gasteiger partial charge in [-0.3, -0.25) is 14.6 Å². The molecule has 11 heteroatoms. The Labute approximate surface area is 182 Å². The molecule has 0 spiro atoms. The number of rotatable bonds is 11. The van der Waals surface area contributed by atoms with Crippen LogP contribution >= 0.6 is 0 Å². The molecule has 0 bridgehead atoms. The van der Waals surface area contributed by atoms with Crippen molar-refractivity contribution in [3.05, 3.63) is 0 Å². The first kappa shape index (κ1) is 24.4. The van der Waals surface area contributed by atoms with Gasteiger partial charge in [0.05, 0.1) is 13.2 Å². The summed E-state index contributed by atoms with van der Waals surface area (Å²) in [5.41, 5.74) is 10.5. The number of methoxy groups -OCH3 is 1. The van der Waals surface area contributed by atoms with E-state index in [-0.39, 0.29) is 17.8 Å². The smallest absolute Gasteiger partial charge is 0.407 e. The predicted molar refractivity (Wildman–Crippen MR) is 114 cm³/mol. The summed E-state index contributed by atoms with van der Waals surface area (Å²) in [6, 6.07) is -2.08. The van der Waals surface area contributed by atoms with E-state index in [4.69, 9.17) is 11.5 Å². The molecule has 3 atom stereocenters. The van der Waals surface area contributed by atoms with Gasteiger partial charge in [-0.25, -0.2) is 4.79 Å². The topological polar surface area (TPSA) is 169 Å². The molecular weight excluding hydrogens is 404 g/mol. The molecule has 0 aromatic heterocycles. The third-order valence-electron chi connectivity index (χ3n) is 5.87. The van der Waals surface area contributed by atoms with E-state index < -0.39 is 24.2 Å². The Hall–Kier alpha value is -2.85. The summed E-state index contributed by atoms with van der Waals surface area (Å²) < 4.78 is 4.67. The minimum absolute atomic E-state index is 0.0242. The molecule has 0 aromatic carbocycles. The molecule has 174 valence electrons. The average Bonchev–Trinajstić information content (AvgIpc) is 3.20. The molecule has 1 aliphatic heterocycles. The van der Waals surface area contributed by atoms with Crippen LogP contribution in [0, 0.1) is 5.92 Å². The second kappa shape index (κ2) is 12.1. The fourth-order valence-corrected chi connectivity index (χ4v) is 3.96. The van der Waals surface area contributed by atoms with Crippen LogP contribution in [-0.4, -0.2) is 73.4 Å². The summed E-state index contributed by atoms with van der Waals surface area (Å²) >= 11 is 0. The standard InChI is InChI=1S/C20H34N6O5/c1-31-20(30)25-15(11-13-5-2-6-13)18(29)26-10-4-8-16(26)17(28)24-14(12-27)7-3-9-23-19(21)22/h12-16H,2-11H2,1H3,(H,24,28)(H,25,30)(H4,21,22,23)/t14-,15+,16-/m0/s1. The fourth-order valence-electron chi connectivity index (χ4n) is 3.96. The summed E-state index contributed by atoms with van der Waals surface area (Å²) in [6.07, 6.45) is 5.80. The third-order valence-corrected chi connectivity index (χ3v) is 5.87. The summed E-state index contributed by atoms with van der Waals surface area (Å²) in [7, 11) is 1.25. The minimum atomic E-state index is -0.729. The van der Waals surface area contributed by atoms with Gasteiger partial charge in [-0.2, -0.15) is 0 Å². The Kier molecular flexibility index (Phi) is 9.54. The van der Waals surface area contributed by atoms with Crippen LogP contribution in [0.5, 0.6) is 0 Å². The van der Waals surface area contributed by atoms with Crippen molar-refractivity contribution in [1.82, 2.24) is 15.5 Å². The number of likely N-dealkylation sites (tertiary alicyclic amines) is 1. The Morgan fingerprint density at radius 2 is 1.94 bits per heavy atom. The molecule has 11 nitrogen and oxygen atoms in total. The minimum Gasteiger partial charge on any atom is -0.453 e. The Morgan fingerprint density at radius 1 is 1.19 bits per heavy atom. The fraction of sp³-hybridized carbons (Fsp3) is 0.750. The summed E-state index contributed by atoms with van der Waals surface area (Å²) in [4.78, 5) is 54.5. The molecule has 2 aliphatic rings. The van der Waals surface area contributed by atoms with Crippen molar-refractivity contribution in [3.8, 4) is 0 Å². The number of ether oxygens (including phenoxy) is 1. The SMILES string of the molecule is COC(=O)N[C@H](CC1CCC1)C(=O)N1CCC[C@H]1C(=O)N[C@H](C=O)CCCN=C(N)N. The summed E-state index contributed by atoms with van der Waals surface area (Å²) in [6.45, 7) is 0.788. The lowest BCUT2D eigenvalue weighted by atomic mass is 9.80. The van der Waals surface area contributed by atoms with E-state index in [1.165, 1.54) is 12.0 Å². The monoisotopic (exact) mass is 438 g/mol. The molecule has 0 radical (unpaired) electrons. The van der Waals surface area contributed by atoms with Crippen molar-refractivity contribution in [2.45, 2.75) is 69.5 Å². The first-order chi connectivity index (χ1) is 14.8. The van der Waals surface area contributed by atoms with Gasteiger partial charge in [0.15, 0.2) is 5.96 Å². The zero-order valence-corrected chi connectivity index (χ0v) is 18.0. The Morgan fingerprint density at radius 3 is 2.52 bits per heavy atom. The third kappa shape index (κ3) is 7.41. The summed E-state index contributed by atoms with van der Waals surface area (Å²) in [5.74, 6) is -0.301. The number of nitrogens with two attached hydrogens (primary N) is 2. The number of carbonyl (C=O) groups is 4. The van der Waals surface area contributed by atoms with Gasteiger partial charge in [-0.1, -0.05) is 19.3 Å². The maximum atomic E-state index is 13.2. The van der Waals surface area contributed by atoms with E-state index in [9.17, 15) is 19.2 Å². The molecule has 2 fully saturated rings. The maximum Gasteiger partial charge on any atom is 0.407 e. The van der Waals surface area contributed by atoms with Crippen molar-refractivity contribution >= 4 is 30.2 Å². The zero-order valence-electron chi connectivity index (χ0n) is 18.0. The molecule has 1 saturated carbocycles. The van der Waals surface area contributed by atoms with Crippen LogP contribution in [0.4, 0.5) is 4.79 Å². The number of nitrogens with zero attached hydrogens (tertiary/aromatic N) is 2. The van der Waals surface area contributed by atoms with Crippen molar-refractivity contribution in [3.63, 3.8) is 0 Å². The molecular formula is C20H34N6O5. The number of aliphatic imine (C=N–C) groups is 1. The molecule has 3 amide bonds. The number of aldehydes is 1. The highest BCUT2D eigenvalue weighted by Gasteiger charge is 2.39. The van der Waals surface area contributed by atoms with Crippen molar-refractivity contribution in [2.24, 2.45) is 22.4 Å². The molecule has 6 N–H and O–H groups in total. The molecule has 2 rings (SSSR count). The predicted octanol–water partition coefficient (Wildman–Crippen LogP) is -0.370. The van der Waals surface area contributed by atoms with Crippen LogP contribution in [0.3, 0.4) is 0 Å². The highest BCUT2D eigenvalue weighted by molar-refractivity contribution is 5.92. The molecule has 1 aliphatic carbocycles. The number of hydrogen-bond acceptors (Lipinski definition) is 6. The highest BCUT2D eigenvalue weighted by Crippen LogP contribution is 2.31. The van der Waals surface area contributed by atoms with Gasteiger partial charge in [0.1, 0.15) is 18.4 Å². The van der Waals surface area contributed by atoms with E-state index >= 15 is 0 Å². The molecule has 0 aromatic rings. The van der Waals surface area contributed by atoms with E-state index in [2.05, 4.69) is 20.4 Å².